The highest BCUT2D eigenvalue weighted by Crippen LogP contribution is 2.17. The van der Waals surface area contributed by atoms with E-state index in [2.05, 4.69) is 15.2 Å². The van der Waals surface area contributed by atoms with E-state index in [1.54, 1.807) is 18.3 Å². The van der Waals surface area contributed by atoms with Crippen LogP contribution in [0, 0.1) is 0 Å². The standard InChI is InChI=1S/C13H18ClN3O2/c1-9-6-17(7-10(2)19-9)8-12(18)16-11-4-3-5-15-13(11)14/h3-5,9-10H,6-8H2,1-2H3,(H,16,18)/t9-,10+. The number of morpholine rings is 1. The number of ether oxygens (including phenoxy) is 1. The zero-order valence-corrected chi connectivity index (χ0v) is 11.9. The summed E-state index contributed by atoms with van der Waals surface area (Å²) in [6, 6.07) is 3.47. The zero-order valence-electron chi connectivity index (χ0n) is 11.1. The number of amides is 1. The van der Waals surface area contributed by atoms with Crippen LogP contribution < -0.4 is 5.32 Å². The molecule has 0 spiro atoms. The van der Waals surface area contributed by atoms with Crippen molar-refractivity contribution in [2.45, 2.75) is 26.1 Å². The Hall–Kier alpha value is -1.17. The van der Waals surface area contributed by atoms with Crippen LogP contribution in [0.4, 0.5) is 5.69 Å². The molecule has 1 fully saturated rings. The number of anilines is 1. The second kappa shape index (κ2) is 6.32. The molecule has 2 rings (SSSR count). The van der Waals surface area contributed by atoms with E-state index in [9.17, 15) is 4.79 Å². The smallest absolute Gasteiger partial charge is 0.238 e. The Morgan fingerprint density at radius 3 is 2.84 bits per heavy atom. The highest BCUT2D eigenvalue weighted by Gasteiger charge is 2.23. The number of carbonyl (C=O) groups excluding carboxylic acids is 1. The molecule has 0 aliphatic carbocycles. The summed E-state index contributed by atoms with van der Waals surface area (Å²) in [7, 11) is 0. The Balaban J connectivity index is 1.89. The molecule has 0 saturated carbocycles. The maximum Gasteiger partial charge on any atom is 0.238 e. The Bertz CT molecular complexity index is 445. The van der Waals surface area contributed by atoms with Crippen molar-refractivity contribution >= 4 is 23.2 Å². The van der Waals surface area contributed by atoms with Crippen LogP contribution in [0.25, 0.3) is 0 Å². The molecule has 6 heteroatoms. The van der Waals surface area contributed by atoms with Crippen LogP contribution in [0.2, 0.25) is 5.15 Å². The zero-order chi connectivity index (χ0) is 13.8. The van der Waals surface area contributed by atoms with Crippen LogP contribution in [0.5, 0.6) is 0 Å². The predicted molar refractivity (Wildman–Crippen MR) is 74.3 cm³/mol. The van der Waals surface area contributed by atoms with Gasteiger partial charge in [-0.15, -0.1) is 0 Å². The van der Waals surface area contributed by atoms with Gasteiger partial charge in [0.1, 0.15) is 0 Å². The van der Waals surface area contributed by atoms with Gasteiger partial charge in [-0.25, -0.2) is 4.98 Å². The van der Waals surface area contributed by atoms with Gasteiger partial charge in [0, 0.05) is 19.3 Å². The van der Waals surface area contributed by atoms with Crippen molar-refractivity contribution in [1.29, 1.82) is 0 Å². The molecular weight excluding hydrogens is 266 g/mol. The molecular formula is C13H18ClN3O2. The number of carbonyl (C=O) groups is 1. The van der Waals surface area contributed by atoms with Crippen molar-refractivity contribution < 1.29 is 9.53 Å². The minimum atomic E-state index is -0.0869. The third kappa shape index (κ3) is 4.16. The Morgan fingerprint density at radius 1 is 1.53 bits per heavy atom. The van der Waals surface area contributed by atoms with Gasteiger partial charge >= 0.3 is 0 Å². The van der Waals surface area contributed by atoms with Gasteiger partial charge in [0.25, 0.3) is 0 Å². The van der Waals surface area contributed by atoms with Crippen molar-refractivity contribution in [3.8, 4) is 0 Å². The summed E-state index contributed by atoms with van der Waals surface area (Å²) >= 11 is 5.90. The van der Waals surface area contributed by atoms with Crippen molar-refractivity contribution in [3.63, 3.8) is 0 Å². The molecule has 1 aliphatic heterocycles. The van der Waals surface area contributed by atoms with Gasteiger partial charge in [0.05, 0.1) is 24.4 Å². The lowest BCUT2D eigenvalue weighted by atomic mass is 10.2. The number of aromatic nitrogens is 1. The molecule has 19 heavy (non-hydrogen) atoms. The lowest BCUT2D eigenvalue weighted by Crippen LogP contribution is -2.48. The van der Waals surface area contributed by atoms with Crippen molar-refractivity contribution in [1.82, 2.24) is 9.88 Å². The molecule has 0 bridgehead atoms. The average Bonchev–Trinajstić information content (AvgIpc) is 2.30. The minimum Gasteiger partial charge on any atom is -0.373 e. The van der Waals surface area contributed by atoms with Crippen LogP contribution in [-0.4, -0.2) is 47.6 Å². The van der Waals surface area contributed by atoms with Gasteiger partial charge in [-0.05, 0) is 26.0 Å². The van der Waals surface area contributed by atoms with Gasteiger partial charge < -0.3 is 10.1 Å². The fraction of sp³-hybridized carbons (Fsp3) is 0.538. The molecule has 1 saturated heterocycles. The number of halogens is 1. The van der Waals surface area contributed by atoms with E-state index in [0.29, 0.717) is 17.4 Å². The summed E-state index contributed by atoms with van der Waals surface area (Å²) in [6.07, 6.45) is 1.89. The Kier molecular flexibility index (Phi) is 4.74. The first-order chi connectivity index (χ1) is 9.04. The first kappa shape index (κ1) is 14.2. The molecule has 0 aromatic carbocycles. The number of nitrogens with one attached hydrogen (secondary N) is 1. The molecule has 1 aromatic heterocycles. The first-order valence-electron chi connectivity index (χ1n) is 6.33. The van der Waals surface area contributed by atoms with Gasteiger partial charge in [-0.2, -0.15) is 0 Å². The molecule has 1 N–H and O–H groups in total. The molecule has 0 unspecified atom stereocenters. The second-order valence-electron chi connectivity index (χ2n) is 4.84. The summed E-state index contributed by atoms with van der Waals surface area (Å²) < 4.78 is 5.63. The molecule has 104 valence electrons. The van der Waals surface area contributed by atoms with Crippen LogP contribution in [0.3, 0.4) is 0 Å². The van der Waals surface area contributed by atoms with Crippen molar-refractivity contribution in [3.05, 3.63) is 23.5 Å². The summed E-state index contributed by atoms with van der Waals surface area (Å²) in [5, 5.41) is 3.08. The molecule has 0 radical (unpaired) electrons. The highest BCUT2D eigenvalue weighted by molar-refractivity contribution is 6.32. The van der Waals surface area contributed by atoms with Crippen LogP contribution in [0.1, 0.15) is 13.8 Å². The van der Waals surface area contributed by atoms with E-state index in [1.165, 1.54) is 0 Å². The molecule has 1 aliphatic rings. The third-order valence-electron chi connectivity index (χ3n) is 2.90. The summed E-state index contributed by atoms with van der Waals surface area (Å²) in [5.41, 5.74) is 0.545. The third-order valence-corrected chi connectivity index (χ3v) is 3.20. The van der Waals surface area contributed by atoms with Crippen LogP contribution >= 0.6 is 11.6 Å². The lowest BCUT2D eigenvalue weighted by Gasteiger charge is -2.34. The van der Waals surface area contributed by atoms with Crippen molar-refractivity contribution in [2.75, 3.05) is 25.0 Å². The van der Waals surface area contributed by atoms with E-state index in [4.69, 9.17) is 16.3 Å². The van der Waals surface area contributed by atoms with Gasteiger partial charge in [0.2, 0.25) is 5.91 Å². The number of nitrogens with zero attached hydrogens (tertiary/aromatic N) is 2. The molecule has 2 atom stereocenters. The number of pyridine rings is 1. The number of rotatable bonds is 3. The first-order valence-corrected chi connectivity index (χ1v) is 6.70. The summed E-state index contributed by atoms with van der Waals surface area (Å²) in [6.45, 7) is 5.89. The largest absolute Gasteiger partial charge is 0.373 e. The fourth-order valence-electron chi connectivity index (χ4n) is 2.29. The van der Waals surface area contributed by atoms with Gasteiger partial charge in [-0.1, -0.05) is 11.6 Å². The fourth-order valence-corrected chi connectivity index (χ4v) is 2.45. The summed E-state index contributed by atoms with van der Waals surface area (Å²) in [4.78, 5) is 18.0. The van der Waals surface area contributed by atoms with Gasteiger partial charge in [0.15, 0.2) is 5.15 Å². The average molecular weight is 284 g/mol. The monoisotopic (exact) mass is 283 g/mol. The Morgan fingerprint density at radius 2 is 2.21 bits per heavy atom. The molecule has 1 aromatic rings. The molecule has 1 amide bonds. The van der Waals surface area contributed by atoms with E-state index in [0.717, 1.165) is 13.1 Å². The van der Waals surface area contributed by atoms with Gasteiger partial charge in [-0.3, -0.25) is 9.69 Å². The maximum absolute atomic E-state index is 12.0. The minimum absolute atomic E-state index is 0.0869. The van der Waals surface area contributed by atoms with Crippen LogP contribution in [-0.2, 0) is 9.53 Å². The van der Waals surface area contributed by atoms with E-state index in [1.807, 2.05) is 13.8 Å². The van der Waals surface area contributed by atoms with E-state index < -0.39 is 0 Å². The number of hydrogen-bond acceptors (Lipinski definition) is 4. The second-order valence-corrected chi connectivity index (χ2v) is 5.20. The normalized spacial score (nSPS) is 24.2. The SMILES string of the molecule is C[C@@H]1CN(CC(=O)Nc2cccnc2Cl)C[C@H](C)O1. The molecule has 5 nitrogen and oxygen atoms in total. The molecule has 2 heterocycles. The lowest BCUT2D eigenvalue weighted by molar-refractivity contribution is -0.121. The maximum atomic E-state index is 12.0. The topological polar surface area (TPSA) is 54.5 Å². The Labute approximate surface area is 117 Å². The quantitative estimate of drug-likeness (QED) is 0.859. The number of hydrogen-bond donors (Lipinski definition) is 1. The van der Waals surface area contributed by atoms with E-state index >= 15 is 0 Å². The summed E-state index contributed by atoms with van der Waals surface area (Å²) in [5.74, 6) is -0.0869. The predicted octanol–water partition coefficient (Wildman–Crippen LogP) is 1.78. The van der Waals surface area contributed by atoms with Crippen LogP contribution in [0.15, 0.2) is 18.3 Å². The van der Waals surface area contributed by atoms with Crippen molar-refractivity contribution in [2.24, 2.45) is 0 Å². The van der Waals surface area contributed by atoms with E-state index in [-0.39, 0.29) is 18.1 Å². The highest BCUT2D eigenvalue weighted by atomic mass is 35.5.